The fourth-order valence-electron chi connectivity index (χ4n) is 1.85. The van der Waals surface area contributed by atoms with Crippen LogP contribution in [0.15, 0.2) is 0 Å². The summed E-state index contributed by atoms with van der Waals surface area (Å²) >= 11 is 0. The van der Waals surface area contributed by atoms with Crippen LogP contribution in [0.4, 0.5) is 0 Å². The average molecular weight is 211 g/mol. The predicted molar refractivity (Wildman–Crippen MR) is 54.9 cm³/mol. The molecule has 84 valence electrons. The molecule has 0 spiro atoms. The first kappa shape index (κ1) is 10.4. The number of nitrogens with one attached hydrogen (secondary N) is 1. The molecule has 5 nitrogen and oxygen atoms in total. The molecule has 1 unspecified atom stereocenters. The SMILES string of the molecule is NC(=O)C1CCN(C(=O)CNC2CC2)C1. The van der Waals surface area contributed by atoms with Gasteiger partial charge in [-0.3, -0.25) is 9.59 Å². The molecule has 2 rings (SSSR count). The predicted octanol–water partition coefficient (Wildman–Crippen LogP) is -0.928. The summed E-state index contributed by atoms with van der Waals surface area (Å²) in [6, 6.07) is 0.545. The van der Waals surface area contributed by atoms with Crippen molar-refractivity contribution in [3.05, 3.63) is 0 Å². The van der Waals surface area contributed by atoms with E-state index in [1.165, 1.54) is 12.8 Å². The maximum absolute atomic E-state index is 11.7. The third kappa shape index (κ3) is 2.68. The maximum atomic E-state index is 11.7. The number of hydrogen-bond donors (Lipinski definition) is 2. The summed E-state index contributed by atoms with van der Waals surface area (Å²) in [7, 11) is 0. The molecule has 2 aliphatic rings. The Balaban J connectivity index is 1.73. The molecule has 15 heavy (non-hydrogen) atoms. The lowest BCUT2D eigenvalue weighted by Gasteiger charge is -2.16. The van der Waals surface area contributed by atoms with Crippen molar-refractivity contribution >= 4 is 11.8 Å². The number of nitrogens with zero attached hydrogens (tertiary/aromatic N) is 1. The fraction of sp³-hybridized carbons (Fsp3) is 0.800. The molecule has 0 aromatic carbocycles. The van der Waals surface area contributed by atoms with Gasteiger partial charge in [-0.15, -0.1) is 0 Å². The average Bonchev–Trinajstić information content (AvgIpc) is 2.88. The van der Waals surface area contributed by atoms with Crippen molar-refractivity contribution in [2.45, 2.75) is 25.3 Å². The van der Waals surface area contributed by atoms with Crippen molar-refractivity contribution in [2.24, 2.45) is 11.7 Å². The standard InChI is InChI=1S/C10H17N3O2/c11-10(15)7-3-4-13(6-7)9(14)5-12-8-1-2-8/h7-8,12H,1-6H2,(H2,11,15). The van der Waals surface area contributed by atoms with E-state index in [1.807, 2.05) is 0 Å². The number of nitrogens with two attached hydrogens (primary N) is 1. The van der Waals surface area contributed by atoms with Gasteiger partial charge in [0.25, 0.3) is 0 Å². The lowest BCUT2D eigenvalue weighted by molar-refractivity contribution is -0.129. The van der Waals surface area contributed by atoms with E-state index in [2.05, 4.69) is 5.32 Å². The van der Waals surface area contributed by atoms with Gasteiger partial charge in [-0.25, -0.2) is 0 Å². The van der Waals surface area contributed by atoms with Gasteiger partial charge in [0.15, 0.2) is 0 Å². The highest BCUT2D eigenvalue weighted by molar-refractivity contribution is 5.82. The molecule has 1 aliphatic carbocycles. The van der Waals surface area contributed by atoms with Crippen LogP contribution in [-0.2, 0) is 9.59 Å². The quantitative estimate of drug-likeness (QED) is 0.631. The highest BCUT2D eigenvalue weighted by atomic mass is 16.2. The summed E-state index contributed by atoms with van der Waals surface area (Å²) in [6.07, 6.45) is 3.07. The van der Waals surface area contributed by atoms with E-state index in [4.69, 9.17) is 5.73 Å². The maximum Gasteiger partial charge on any atom is 0.236 e. The molecule has 1 saturated carbocycles. The van der Waals surface area contributed by atoms with Crippen molar-refractivity contribution in [2.75, 3.05) is 19.6 Å². The van der Waals surface area contributed by atoms with Crippen LogP contribution in [0, 0.1) is 5.92 Å². The normalized spacial score (nSPS) is 25.6. The number of rotatable bonds is 4. The van der Waals surface area contributed by atoms with Gasteiger partial charge in [0.1, 0.15) is 0 Å². The lowest BCUT2D eigenvalue weighted by atomic mass is 10.1. The molecule has 1 atom stereocenters. The molecular weight excluding hydrogens is 194 g/mol. The second kappa shape index (κ2) is 4.18. The largest absolute Gasteiger partial charge is 0.369 e. The molecule has 1 heterocycles. The van der Waals surface area contributed by atoms with Crippen LogP contribution in [0.1, 0.15) is 19.3 Å². The van der Waals surface area contributed by atoms with Gasteiger partial charge in [0.05, 0.1) is 12.5 Å². The molecule has 2 amide bonds. The van der Waals surface area contributed by atoms with E-state index in [9.17, 15) is 9.59 Å². The second-order valence-corrected chi connectivity index (χ2v) is 4.38. The Morgan fingerprint density at radius 2 is 2.07 bits per heavy atom. The molecule has 1 aliphatic heterocycles. The Morgan fingerprint density at radius 1 is 1.33 bits per heavy atom. The minimum Gasteiger partial charge on any atom is -0.369 e. The van der Waals surface area contributed by atoms with Gasteiger partial charge < -0.3 is 16.0 Å². The highest BCUT2D eigenvalue weighted by Gasteiger charge is 2.30. The fourth-order valence-corrected chi connectivity index (χ4v) is 1.85. The third-order valence-electron chi connectivity index (χ3n) is 3.06. The van der Waals surface area contributed by atoms with Crippen LogP contribution >= 0.6 is 0 Å². The Bertz CT molecular complexity index is 276. The molecule has 0 aromatic rings. The van der Waals surface area contributed by atoms with Gasteiger partial charge in [0.2, 0.25) is 11.8 Å². The lowest BCUT2D eigenvalue weighted by Crippen LogP contribution is -2.38. The summed E-state index contributed by atoms with van der Waals surface area (Å²) in [4.78, 5) is 24.3. The zero-order valence-electron chi connectivity index (χ0n) is 8.74. The Kier molecular flexibility index (Phi) is 2.90. The molecule has 2 fully saturated rings. The topological polar surface area (TPSA) is 75.4 Å². The van der Waals surface area contributed by atoms with Crippen LogP contribution in [0.3, 0.4) is 0 Å². The van der Waals surface area contributed by atoms with Crippen molar-refractivity contribution in [1.29, 1.82) is 0 Å². The first-order chi connectivity index (χ1) is 7.16. The summed E-state index contributed by atoms with van der Waals surface area (Å²) in [6.45, 7) is 1.56. The van der Waals surface area contributed by atoms with Gasteiger partial charge in [0, 0.05) is 19.1 Å². The van der Waals surface area contributed by atoms with Crippen molar-refractivity contribution in [3.8, 4) is 0 Å². The zero-order chi connectivity index (χ0) is 10.8. The first-order valence-electron chi connectivity index (χ1n) is 5.47. The number of carbonyl (C=O) groups is 2. The second-order valence-electron chi connectivity index (χ2n) is 4.38. The van der Waals surface area contributed by atoms with Crippen LogP contribution < -0.4 is 11.1 Å². The number of amides is 2. The van der Waals surface area contributed by atoms with E-state index in [1.54, 1.807) is 4.90 Å². The van der Waals surface area contributed by atoms with Crippen molar-refractivity contribution in [3.63, 3.8) is 0 Å². The van der Waals surface area contributed by atoms with Crippen LogP contribution in [-0.4, -0.2) is 42.4 Å². The van der Waals surface area contributed by atoms with Gasteiger partial charge >= 0.3 is 0 Å². The van der Waals surface area contributed by atoms with Crippen LogP contribution in [0.5, 0.6) is 0 Å². The van der Waals surface area contributed by atoms with Gasteiger partial charge in [-0.05, 0) is 19.3 Å². The van der Waals surface area contributed by atoms with E-state index < -0.39 is 0 Å². The minimum atomic E-state index is -0.291. The van der Waals surface area contributed by atoms with Crippen molar-refractivity contribution < 1.29 is 9.59 Å². The van der Waals surface area contributed by atoms with Crippen LogP contribution in [0.2, 0.25) is 0 Å². The molecule has 0 bridgehead atoms. The minimum absolute atomic E-state index is 0.0886. The molecule has 0 radical (unpaired) electrons. The van der Waals surface area contributed by atoms with E-state index in [0.29, 0.717) is 32.1 Å². The molecular formula is C10H17N3O2. The Labute approximate surface area is 89.0 Å². The summed E-state index contributed by atoms with van der Waals surface area (Å²) in [5.41, 5.74) is 5.20. The molecule has 5 heteroatoms. The van der Waals surface area contributed by atoms with E-state index in [-0.39, 0.29) is 17.7 Å². The van der Waals surface area contributed by atoms with E-state index in [0.717, 1.165) is 0 Å². The Hall–Kier alpha value is -1.10. The van der Waals surface area contributed by atoms with Crippen molar-refractivity contribution in [1.82, 2.24) is 10.2 Å². The number of carbonyl (C=O) groups excluding carboxylic acids is 2. The summed E-state index contributed by atoms with van der Waals surface area (Å²) in [5, 5.41) is 3.17. The first-order valence-corrected chi connectivity index (χ1v) is 5.47. The molecule has 0 aromatic heterocycles. The number of hydrogen-bond acceptors (Lipinski definition) is 3. The number of primary amides is 1. The number of likely N-dealkylation sites (tertiary alicyclic amines) is 1. The van der Waals surface area contributed by atoms with Gasteiger partial charge in [-0.1, -0.05) is 0 Å². The monoisotopic (exact) mass is 211 g/mol. The van der Waals surface area contributed by atoms with Gasteiger partial charge in [-0.2, -0.15) is 0 Å². The molecule has 1 saturated heterocycles. The third-order valence-corrected chi connectivity index (χ3v) is 3.06. The van der Waals surface area contributed by atoms with E-state index >= 15 is 0 Å². The van der Waals surface area contributed by atoms with Crippen LogP contribution in [0.25, 0.3) is 0 Å². The smallest absolute Gasteiger partial charge is 0.236 e. The zero-order valence-corrected chi connectivity index (χ0v) is 8.74. The highest BCUT2D eigenvalue weighted by Crippen LogP contribution is 2.19. The Morgan fingerprint density at radius 3 is 2.60 bits per heavy atom. The summed E-state index contributed by atoms with van der Waals surface area (Å²) in [5.74, 6) is -0.346. The molecule has 3 N–H and O–H groups in total. The summed E-state index contributed by atoms with van der Waals surface area (Å²) < 4.78 is 0.